The molecule has 0 saturated heterocycles. The van der Waals surface area contributed by atoms with Crippen LogP contribution < -0.4 is 23.8 Å². The third-order valence-corrected chi connectivity index (χ3v) is 9.13. The SMILES string of the molecule is CN(C)CCCN1c2ccccc2Sc2ccc(Cl)cc21.COc1ccc2c(c1)OC1c3ccc(OC)cc3OCC21. The Labute approximate surface area is 257 Å². The zero-order valence-electron chi connectivity index (χ0n) is 24.3. The summed E-state index contributed by atoms with van der Waals surface area (Å²) in [5.41, 5.74) is 4.77. The molecule has 7 rings (SSSR count). The second-order valence-corrected chi connectivity index (χ2v) is 12.3. The van der Waals surface area contributed by atoms with Gasteiger partial charge in [-0.25, -0.2) is 0 Å². The normalized spacial score (nSPS) is 17.3. The molecule has 0 fully saturated rings. The van der Waals surface area contributed by atoms with Gasteiger partial charge in [-0.1, -0.05) is 41.6 Å². The Bertz CT molecular complexity index is 1580. The fourth-order valence-electron chi connectivity index (χ4n) is 5.66. The quantitative estimate of drug-likeness (QED) is 0.220. The summed E-state index contributed by atoms with van der Waals surface area (Å²) in [5, 5.41) is 0.798. The van der Waals surface area contributed by atoms with Crippen molar-refractivity contribution in [2.45, 2.75) is 28.2 Å². The third kappa shape index (κ3) is 5.74. The number of ether oxygens (including phenoxy) is 4. The van der Waals surface area contributed by atoms with Crippen LogP contribution in [0.25, 0.3) is 0 Å². The molecule has 0 spiro atoms. The van der Waals surface area contributed by atoms with Crippen molar-refractivity contribution in [3.05, 3.63) is 95.0 Å². The van der Waals surface area contributed by atoms with Crippen LogP contribution >= 0.6 is 23.4 Å². The van der Waals surface area contributed by atoms with E-state index in [1.165, 1.54) is 26.7 Å². The smallest absolute Gasteiger partial charge is 0.138 e. The minimum absolute atomic E-state index is 0.00163. The molecule has 0 aromatic heterocycles. The van der Waals surface area contributed by atoms with Gasteiger partial charge in [0.2, 0.25) is 0 Å². The van der Waals surface area contributed by atoms with Crippen LogP contribution in [-0.4, -0.2) is 52.9 Å². The number of halogens is 1. The van der Waals surface area contributed by atoms with Gasteiger partial charge in [-0.3, -0.25) is 0 Å². The van der Waals surface area contributed by atoms with Crippen molar-refractivity contribution in [2.75, 3.05) is 52.9 Å². The monoisotopic (exact) mass is 602 g/mol. The summed E-state index contributed by atoms with van der Waals surface area (Å²) >= 11 is 8.03. The predicted molar refractivity (Wildman–Crippen MR) is 170 cm³/mol. The highest BCUT2D eigenvalue weighted by Crippen LogP contribution is 2.52. The number of hydrogen-bond acceptors (Lipinski definition) is 7. The molecular formula is C34H35ClN2O4S. The van der Waals surface area contributed by atoms with Crippen LogP contribution in [0.1, 0.15) is 29.6 Å². The van der Waals surface area contributed by atoms with Gasteiger partial charge in [0.1, 0.15) is 29.1 Å². The van der Waals surface area contributed by atoms with Crippen molar-refractivity contribution >= 4 is 34.7 Å². The zero-order chi connectivity index (χ0) is 29.2. The van der Waals surface area contributed by atoms with Crippen LogP contribution in [0.2, 0.25) is 5.02 Å². The minimum atomic E-state index is 0.00163. The standard InChI is InChI=1S/C17H19ClN2S.C17H16O4/c1-19(2)10-5-11-20-14-6-3-4-7-16(14)21-17-9-8-13(18)12-15(17)20;1-18-10-4-6-13-15(7-10)20-9-14-12-5-3-11(19-2)8-16(12)21-17(13)14/h3-4,6-9,12H,5,10-11H2,1-2H3;3-8,14,17H,9H2,1-2H3. The molecule has 0 saturated carbocycles. The Morgan fingerprint density at radius 3 is 2.33 bits per heavy atom. The number of rotatable bonds is 6. The van der Waals surface area contributed by atoms with E-state index >= 15 is 0 Å². The van der Waals surface area contributed by atoms with Crippen molar-refractivity contribution in [1.82, 2.24) is 4.90 Å². The molecule has 2 atom stereocenters. The molecule has 2 unspecified atom stereocenters. The first kappa shape index (κ1) is 28.6. The van der Waals surface area contributed by atoms with Crippen molar-refractivity contribution in [1.29, 1.82) is 0 Å². The molecule has 8 heteroatoms. The molecule has 0 amide bonds. The van der Waals surface area contributed by atoms with Crippen molar-refractivity contribution in [3.8, 4) is 23.0 Å². The largest absolute Gasteiger partial charge is 0.497 e. The number of nitrogens with zero attached hydrogens (tertiary/aromatic N) is 2. The molecule has 0 aliphatic carbocycles. The summed E-state index contributed by atoms with van der Waals surface area (Å²) in [6, 6.07) is 26.6. The summed E-state index contributed by atoms with van der Waals surface area (Å²) in [4.78, 5) is 7.22. The van der Waals surface area contributed by atoms with Crippen LogP contribution in [0, 0.1) is 0 Å². The maximum Gasteiger partial charge on any atom is 0.138 e. The molecule has 4 aromatic rings. The summed E-state index contributed by atoms with van der Waals surface area (Å²) in [6.07, 6.45) is 1.12. The molecule has 3 heterocycles. The minimum Gasteiger partial charge on any atom is -0.497 e. The summed E-state index contributed by atoms with van der Waals surface area (Å²) in [6.45, 7) is 2.70. The van der Waals surface area contributed by atoms with E-state index in [2.05, 4.69) is 66.4 Å². The van der Waals surface area contributed by atoms with Gasteiger partial charge in [0, 0.05) is 44.6 Å². The van der Waals surface area contributed by atoms with Gasteiger partial charge >= 0.3 is 0 Å². The lowest BCUT2D eigenvalue weighted by atomic mass is 9.89. The van der Waals surface area contributed by atoms with Gasteiger partial charge in [-0.05, 0) is 75.6 Å². The number of para-hydroxylation sites is 1. The van der Waals surface area contributed by atoms with Gasteiger partial charge in [-0.2, -0.15) is 0 Å². The van der Waals surface area contributed by atoms with E-state index in [0.29, 0.717) is 6.61 Å². The van der Waals surface area contributed by atoms with Crippen LogP contribution in [0.15, 0.2) is 88.7 Å². The van der Waals surface area contributed by atoms with E-state index in [1.807, 2.05) is 48.2 Å². The van der Waals surface area contributed by atoms with E-state index in [9.17, 15) is 0 Å². The first-order valence-corrected chi connectivity index (χ1v) is 15.3. The lowest BCUT2D eigenvalue weighted by Gasteiger charge is -2.33. The number of methoxy groups -OCH3 is 2. The Morgan fingerprint density at radius 2 is 1.57 bits per heavy atom. The second kappa shape index (κ2) is 12.4. The number of hydrogen-bond donors (Lipinski definition) is 0. The first-order valence-electron chi connectivity index (χ1n) is 14.1. The summed E-state index contributed by atoms with van der Waals surface area (Å²) in [5.74, 6) is 3.56. The Hall–Kier alpha value is -3.52. The molecular weight excluding hydrogens is 568 g/mol. The van der Waals surface area contributed by atoms with Gasteiger partial charge < -0.3 is 28.7 Å². The zero-order valence-corrected chi connectivity index (χ0v) is 25.9. The molecule has 6 nitrogen and oxygen atoms in total. The average molecular weight is 603 g/mol. The molecule has 3 aliphatic heterocycles. The third-order valence-electron chi connectivity index (χ3n) is 7.76. The lowest BCUT2D eigenvalue weighted by Crippen LogP contribution is -2.25. The number of anilines is 2. The fraction of sp³-hybridized carbons (Fsp3) is 0.294. The molecule has 0 radical (unpaired) electrons. The summed E-state index contributed by atoms with van der Waals surface area (Å²) < 4.78 is 22.6. The van der Waals surface area contributed by atoms with E-state index in [4.69, 9.17) is 30.5 Å². The van der Waals surface area contributed by atoms with E-state index in [0.717, 1.165) is 53.1 Å². The molecule has 0 bridgehead atoms. The Balaban J connectivity index is 0.000000150. The highest BCUT2D eigenvalue weighted by atomic mass is 35.5. The Morgan fingerprint density at radius 1 is 0.857 bits per heavy atom. The van der Waals surface area contributed by atoms with Crippen LogP contribution in [0.5, 0.6) is 23.0 Å². The highest BCUT2D eigenvalue weighted by Gasteiger charge is 2.41. The number of benzene rings is 4. The number of fused-ring (bicyclic) bond motifs is 7. The summed E-state index contributed by atoms with van der Waals surface area (Å²) in [7, 11) is 7.55. The van der Waals surface area contributed by atoms with Crippen LogP contribution in [0.3, 0.4) is 0 Å². The van der Waals surface area contributed by atoms with Crippen molar-refractivity contribution < 1.29 is 18.9 Å². The molecule has 218 valence electrons. The predicted octanol–water partition coefficient (Wildman–Crippen LogP) is 8.21. The molecule has 4 aromatic carbocycles. The van der Waals surface area contributed by atoms with Crippen molar-refractivity contribution in [3.63, 3.8) is 0 Å². The van der Waals surface area contributed by atoms with E-state index < -0.39 is 0 Å². The lowest BCUT2D eigenvalue weighted by molar-refractivity contribution is 0.139. The van der Waals surface area contributed by atoms with E-state index in [1.54, 1.807) is 14.2 Å². The van der Waals surface area contributed by atoms with Crippen LogP contribution in [0.4, 0.5) is 11.4 Å². The van der Waals surface area contributed by atoms with Gasteiger partial charge in [-0.15, -0.1) is 0 Å². The van der Waals surface area contributed by atoms with Gasteiger partial charge in [0.05, 0.1) is 38.1 Å². The van der Waals surface area contributed by atoms with E-state index in [-0.39, 0.29) is 12.0 Å². The molecule has 0 N–H and O–H groups in total. The molecule has 3 aliphatic rings. The highest BCUT2D eigenvalue weighted by molar-refractivity contribution is 7.99. The van der Waals surface area contributed by atoms with Gasteiger partial charge in [0.15, 0.2) is 0 Å². The van der Waals surface area contributed by atoms with Crippen molar-refractivity contribution in [2.24, 2.45) is 0 Å². The van der Waals surface area contributed by atoms with Crippen LogP contribution in [-0.2, 0) is 0 Å². The maximum absolute atomic E-state index is 6.21. The molecule has 42 heavy (non-hydrogen) atoms. The van der Waals surface area contributed by atoms with Gasteiger partial charge in [0.25, 0.3) is 0 Å². The maximum atomic E-state index is 6.21. The average Bonchev–Trinajstić information content (AvgIpc) is 3.39. The Kier molecular flexibility index (Phi) is 8.43. The topological polar surface area (TPSA) is 43.4 Å². The second-order valence-electron chi connectivity index (χ2n) is 10.8. The fourth-order valence-corrected chi connectivity index (χ4v) is 6.90. The first-order chi connectivity index (χ1) is 20.4.